The molecule has 106 valence electrons. The maximum absolute atomic E-state index is 13.1. The lowest BCUT2D eigenvalue weighted by molar-refractivity contribution is 0.598. The molecule has 1 N–H and O–H groups in total. The van der Waals surface area contributed by atoms with E-state index in [1.54, 1.807) is 0 Å². The second kappa shape index (κ2) is 5.49. The van der Waals surface area contributed by atoms with Crippen LogP contribution in [0, 0.1) is 18.6 Å². The highest BCUT2D eigenvalue weighted by molar-refractivity contribution is 9.10. The van der Waals surface area contributed by atoms with Crippen LogP contribution in [-0.2, 0) is 10.0 Å². The molecular weight excluding hydrogens is 352 g/mol. The summed E-state index contributed by atoms with van der Waals surface area (Å²) in [6.45, 7) is 1.53. The quantitative estimate of drug-likeness (QED) is 0.902. The van der Waals surface area contributed by atoms with Gasteiger partial charge in [0.1, 0.15) is 16.5 Å². The van der Waals surface area contributed by atoms with Crippen LogP contribution in [0.1, 0.15) is 5.56 Å². The molecule has 0 aliphatic carbocycles. The van der Waals surface area contributed by atoms with Crippen molar-refractivity contribution in [2.75, 3.05) is 4.72 Å². The van der Waals surface area contributed by atoms with E-state index in [4.69, 9.17) is 0 Å². The molecule has 2 rings (SSSR count). The molecular formula is C13H10BrF2NO2S. The number of sulfonamides is 1. The summed E-state index contributed by atoms with van der Waals surface area (Å²) in [6.07, 6.45) is 0. The lowest BCUT2D eigenvalue weighted by Gasteiger charge is -2.10. The molecule has 0 saturated carbocycles. The molecule has 0 heterocycles. The van der Waals surface area contributed by atoms with Crippen molar-refractivity contribution in [1.29, 1.82) is 0 Å². The van der Waals surface area contributed by atoms with Gasteiger partial charge in [-0.3, -0.25) is 4.72 Å². The third-order valence-electron chi connectivity index (χ3n) is 2.59. The van der Waals surface area contributed by atoms with Gasteiger partial charge in [0.25, 0.3) is 10.0 Å². The maximum Gasteiger partial charge on any atom is 0.263 e. The lowest BCUT2D eigenvalue weighted by atomic mass is 10.2. The Kier molecular flexibility index (Phi) is 4.10. The molecule has 0 saturated heterocycles. The first-order chi connectivity index (χ1) is 9.29. The number of halogens is 3. The lowest BCUT2D eigenvalue weighted by Crippen LogP contribution is -2.13. The Morgan fingerprint density at radius 1 is 1.10 bits per heavy atom. The maximum atomic E-state index is 13.1. The summed E-state index contributed by atoms with van der Waals surface area (Å²) in [5.74, 6) is -0.968. The fraction of sp³-hybridized carbons (Fsp3) is 0.0769. The van der Waals surface area contributed by atoms with Gasteiger partial charge < -0.3 is 0 Å². The van der Waals surface area contributed by atoms with Gasteiger partial charge in [0.15, 0.2) is 0 Å². The van der Waals surface area contributed by atoms with E-state index in [2.05, 4.69) is 20.7 Å². The highest BCUT2D eigenvalue weighted by Crippen LogP contribution is 2.25. The van der Waals surface area contributed by atoms with Crippen LogP contribution >= 0.6 is 15.9 Å². The number of aryl methyl sites for hydroxylation is 1. The van der Waals surface area contributed by atoms with Gasteiger partial charge in [-0.1, -0.05) is 0 Å². The molecule has 0 bridgehead atoms. The Hall–Kier alpha value is -1.47. The Labute approximate surface area is 123 Å². The summed E-state index contributed by atoms with van der Waals surface area (Å²) < 4.78 is 52.9. The molecule has 2 aromatic carbocycles. The zero-order valence-corrected chi connectivity index (χ0v) is 12.7. The van der Waals surface area contributed by atoms with Crippen LogP contribution in [0.4, 0.5) is 14.5 Å². The third-order valence-corrected chi connectivity index (χ3v) is 4.95. The number of rotatable bonds is 3. The fourth-order valence-electron chi connectivity index (χ4n) is 1.61. The van der Waals surface area contributed by atoms with Crippen molar-refractivity contribution in [2.45, 2.75) is 11.8 Å². The van der Waals surface area contributed by atoms with Crippen LogP contribution < -0.4 is 4.72 Å². The number of benzene rings is 2. The molecule has 3 nitrogen and oxygen atoms in total. The average Bonchev–Trinajstić information content (AvgIpc) is 2.33. The van der Waals surface area contributed by atoms with E-state index >= 15 is 0 Å². The monoisotopic (exact) mass is 361 g/mol. The first kappa shape index (κ1) is 14.9. The van der Waals surface area contributed by atoms with E-state index in [1.807, 2.05) is 0 Å². The standard InChI is InChI=1S/C13H10BrF2NO2S/c1-8-6-10(3-4-12(8)16)17-20(18,19)13-5-2-9(15)7-11(13)14/h2-7,17H,1H3. The van der Waals surface area contributed by atoms with Crippen molar-refractivity contribution in [3.05, 3.63) is 58.1 Å². The minimum atomic E-state index is -3.88. The number of anilines is 1. The second-order valence-corrected chi connectivity index (χ2v) is 6.65. The predicted octanol–water partition coefficient (Wildman–Crippen LogP) is 3.84. The van der Waals surface area contributed by atoms with Crippen molar-refractivity contribution < 1.29 is 17.2 Å². The van der Waals surface area contributed by atoms with Gasteiger partial charge in [0.2, 0.25) is 0 Å². The van der Waals surface area contributed by atoms with E-state index in [0.29, 0.717) is 5.56 Å². The first-order valence-electron chi connectivity index (χ1n) is 5.53. The van der Waals surface area contributed by atoms with E-state index < -0.39 is 21.7 Å². The first-order valence-corrected chi connectivity index (χ1v) is 7.81. The van der Waals surface area contributed by atoms with Crippen molar-refractivity contribution in [1.82, 2.24) is 0 Å². The molecule has 20 heavy (non-hydrogen) atoms. The summed E-state index contributed by atoms with van der Waals surface area (Å²) in [7, 11) is -3.88. The minimum Gasteiger partial charge on any atom is -0.280 e. The fourth-order valence-corrected chi connectivity index (χ4v) is 3.71. The van der Waals surface area contributed by atoms with Crippen LogP contribution in [0.3, 0.4) is 0 Å². The minimum absolute atomic E-state index is 0.0964. The van der Waals surface area contributed by atoms with Crippen molar-refractivity contribution >= 4 is 31.6 Å². The number of hydrogen-bond donors (Lipinski definition) is 1. The van der Waals surface area contributed by atoms with Crippen LogP contribution in [0.25, 0.3) is 0 Å². The molecule has 0 unspecified atom stereocenters. The third kappa shape index (κ3) is 3.16. The second-order valence-electron chi connectivity index (χ2n) is 4.14. The van der Waals surface area contributed by atoms with Gasteiger partial charge >= 0.3 is 0 Å². The number of nitrogens with one attached hydrogen (secondary N) is 1. The molecule has 0 aliphatic heterocycles. The zero-order valence-electron chi connectivity index (χ0n) is 10.3. The van der Waals surface area contributed by atoms with Crippen molar-refractivity contribution in [3.8, 4) is 0 Å². The van der Waals surface area contributed by atoms with Crippen LogP contribution in [0.2, 0.25) is 0 Å². The van der Waals surface area contributed by atoms with Crippen molar-refractivity contribution in [3.63, 3.8) is 0 Å². The summed E-state index contributed by atoms with van der Waals surface area (Å²) >= 11 is 3.00. The molecule has 7 heteroatoms. The number of hydrogen-bond acceptors (Lipinski definition) is 2. The summed E-state index contributed by atoms with van der Waals surface area (Å²) in [5, 5.41) is 0. The van der Waals surface area contributed by atoms with Gasteiger partial charge in [-0.15, -0.1) is 0 Å². The summed E-state index contributed by atoms with van der Waals surface area (Å²) in [4.78, 5) is -0.0964. The smallest absolute Gasteiger partial charge is 0.263 e. The van der Waals surface area contributed by atoms with E-state index in [0.717, 1.165) is 18.2 Å². The molecule has 0 aromatic heterocycles. The van der Waals surface area contributed by atoms with Gasteiger partial charge in [0.05, 0.1) is 0 Å². The Bertz CT molecular complexity index is 763. The Balaban J connectivity index is 2.38. The predicted molar refractivity (Wildman–Crippen MR) is 76.0 cm³/mol. The highest BCUT2D eigenvalue weighted by Gasteiger charge is 2.18. The van der Waals surface area contributed by atoms with Crippen molar-refractivity contribution in [2.24, 2.45) is 0 Å². The highest BCUT2D eigenvalue weighted by atomic mass is 79.9. The van der Waals surface area contributed by atoms with Gasteiger partial charge in [-0.25, -0.2) is 17.2 Å². The van der Waals surface area contributed by atoms with E-state index in [9.17, 15) is 17.2 Å². The Morgan fingerprint density at radius 3 is 2.40 bits per heavy atom. The average molecular weight is 362 g/mol. The molecule has 0 amide bonds. The largest absolute Gasteiger partial charge is 0.280 e. The molecule has 0 spiro atoms. The van der Waals surface area contributed by atoms with Gasteiger partial charge in [-0.2, -0.15) is 0 Å². The molecule has 0 aliphatic rings. The van der Waals surface area contributed by atoms with Gasteiger partial charge in [0, 0.05) is 10.2 Å². The van der Waals surface area contributed by atoms with E-state index in [-0.39, 0.29) is 15.1 Å². The van der Waals surface area contributed by atoms with Gasteiger partial charge in [-0.05, 0) is 64.8 Å². The normalized spacial score (nSPS) is 11.4. The summed E-state index contributed by atoms with van der Waals surface area (Å²) in [6, 6.07) is 7.13. The Morgan fingerprint density at radius 2 is 1.80 bits per heavy atom. The van der Waals surface area contributed by atoms with E-state index in [1.165, 1.54) is 25.1 Å². The molecule has 0 radical (unpaired) electrons. The van der Waals surface area contributed by atoms with Crippen LogP contribution in [0.5, 0.6) is 0 Å². The zero-order chi connectivity index (χ0) is 14.9. The van der Waals surface area contributed by atoms with Crippen LogP contribution in [0.15, 0.2) is 45.8 Å². The molecule has 0 atom stereocenters. The van der Waals surface area contributed by atoms with Crippen LogP contribution in [-0.4, -0.2) is 8.42 Å². The topological polar surface area (TPSA) is 46.2 Å². The summed E-state index contributed by atoms with van der Waals surface area (Å²) in [5.41, 5.74) is 0.559. The SMILES string of the molecule is Cc1cc(NS(=O)(=O)c2ccc(F)cc2Br)ccc1F. The molecule has 2 aromatic rings. The molecule has 0 fully saturated rings.